The van der Waals surface area contributed by atoms with Gasteiger partial charge in [0.25, 0.3) is 0 Å². The fourth-order valence-electron chi connectivity index (χ4n) is 2.03. The molecule has 82 valence electrons. The van der Waals surface area contributed by atoms with E-state index in [0.29, 0.717) is 5.82 Å². The maximum atomic E-state index is 6.02. The van der Waals surface area contributed by atoms with E-state index in [1.165, 1.54) is 0 Å². The van der Waals surface area contributed by atoms with Gasteiger partial charge in [0.05, 0.1) is 5.51 Å². The fourth-order valence-corrected chi connectivity index (χ4v) is 2.56. The number of fused-ring (bicyclic) bond motifs is 1. The number of thiazole rings is 1. The molecular formula is C11H12N4S. The normalized spacial score (nSPS) is 19.4. The number of hydrogen-bond acceptors (Lipinski definition) is 5. The van der Waals surface area contributed by atoms with Crippen molar-refractivity contribution < 1.29 is 0 Å². The molecule has 2 aromatic heterocycles. The van der Waals surface area contributed by atoms with Crippen LogP contribution in [0.3, 0.4) is 0 Å². The van der Waals surface area contributed by atoms with Gasteiger partial charge in [-0.2, -0.15) is 0 Å². The topological polar surface area (TPSA) is 64.7 Å². The Morgan fingerprint density at radius 1 is 1.38 bits per heavy atom. The first-order chi connectivity index (χ1) is 7.84. The number of rotatable bonds is 1. The summed E-state index contributed by atoms with van der Waals surface area (Å²) in [4.78, 5) is 13.1. The van der Waals surface area contributed by atoms with Crippen LogP contribution >= 0.6 is 11.3 Å². The molecule has 1 aliphatic carbocycles. The lowest BCUT2D eigenvalue weighted by Gasteiger charge is -2.20. The van der Waals surface area contributed by atoms with Crippen LogP contribution in [0.4, 0.5) is 0 Å². The van der Waals surface area contributed by atoms with Crippen LogP contribution in [0.1, 0.15) is 30.1 Å². The zero-order valence-corrected chi connectivity index (χ0v) is 9.57. The van der Waals surface area contributed by atoms with Crippen molar-refractivity contribution in [1.29, 1.82) is 0 Å². The minimum atomic E-state index is 0.105. The Morgan fingerprint density at radius 3 is 3.12 bits per heavy atom. The molecular weight excluding hydrogens is 220 g/mol. The molecule has 0 aromatic carbocycles. The van der Waals surface area contributed by atoms with E-state index in [4.69, 9.17) is 5.73 Å². The molecule has 1 unspecified atom stereocenters. The Labute approximate surface area is 97.6 Å². The van der Waals surface area contributed by atoms with Gasteiger partial charge in [0, 0.05) is 28.9 Å². The third-order valence-corrected chi connectivity index (χ3v) is 3.48. The minimum Gasteiger partial charge on any atom is -0.324 e. The van der Waals surface area contributed by atoms with Gasteiger partial charge < -0.3 is 5.73 Å². The summed E-state index contributed by atoms with van der Waals surface area (Å²) in [5.74, 6) is 0.717. The predicted octanol–water partition coefficient (Wildman–Crippen LogP) is 1.94. The van der Waals surface area contributed by atoms with Crippen molar-refractivity contribution in [3.05, 3.63) is 28.3 Å². The quantitative estimate of drug-likeness (QED) is 0.816. The van der Waals surface area contributed by atoms with Crippen LogP contribution in [-0.4, -0.2) is 15.0 Å². The molecule has 2 N–H and O–H groups in total. The van der Waals surface area contributed by atoms with Crippen molar-refractivity contribution in [3.63, 3.8) is 0 Å². The Hall–Kier alpha value is -1.33. The van der Waals surface area contributed by atoms with Crippen LogP contribution in [0.5, 0.6) is 0 Å². The van der Waals surface area contributed by atoms with Crippen molar-refractivity contribution in [3.8, 4) is 11.5 Å². The first kappa shape index (κ1) is 9.86. The summed E-state index contributed by atoms with van der Waals surface area (Å²) in [6, 6.07) is 0.105. The molecule has 0 bridgehead atoms. The van der Waals surface area contributed by atoms with Gasteiger partial charge in [-0.3, -0.25) is 0 Å². The van der Waals surface area contributed by atoms with Gasteiger partial charge in [0.2, 0.25) is 0 Å². The van der Waals surface area contributed by atoms with E-state index in [-0.39, 0.29) is 6.04 Å². The second-order valence-corrected chi connectivity index (χ2v) is 4.69. The molecule has 0 aliphatic heterocycles. The highest BCUT2D eigenvalue weighted by molar-refractivity contribution is 7.07. The van der Waals surface area contributed by atoms with Crippen LogP contribution in [0.15, 0.2) is 17.1 Å². The average molecular weight is 232 g/mol. The molecule has 4 nitrogen and oxygen atoms in total. The van der Waals surface area contributed by atoms with E-state index in [0.717, 1.165) is 36.2 Å². The molecule has 0 fully saturated rings. The third kappa shape index (κ3) is 1.62. The molecule has 16 heavy (non-hydrogen) atoms. The van der Waals surface area contributed by atoms with E-state index in [1.807, 2.05) is 11.6 Å². The first-order valence-electron chi connectivity index (χ1n) is 5.34. The van der Waals surface area contributed by atoms with Gasteiger partial charge in [0.15, 0.2) is 5.82 Å². The van der Waals surface area contributed by atoms with E-state index in [2.05, 4.69) is 15.0 Å². The van der Waals surface area contributed by atoms with Crippen LogP contribution in [-0.2, 0) is 6.42 Å². The van der Waals surface area contributed by atoms with Crippen molar-refractivity contribution in [2.75, 3.05) is 0 Å². The molecule has 0 saturated heterocycles. The van der Waals surface area contributed by atoms with E-state index < -0.39 is 0 Å². The first-order valence-corrected chi connectivity index (χ1v) is 6.29. The van der Waals surface area contributed by atoms with Gasteiger partial charge in [-0.25, -0.2) is 15.0 Å². The molecule has 0 saturated carbocycles. The monoisotopic (exact) mass is 232 g/mol. The van der Waals surface area contributed by atoms with Gasteiger partial charge in [-0.15, -0.1) is 11.3 Å². The zero-order chi connectivity index (χ0) is 11.0. The minimum absolute atomic E-state index is 0.105. The molecule has 2 heterocycles. The van der Waals surface area contributed by atoms with Gasteiger partial charge in [-0.1, -0.05) is 0 Å². The Balaban J connectivity index is 2.05. The largest absolute Gasteiger partial charge is 0.324 e. The molecule has 5 heteroatoms. The second-order valence-electron chi connectivity index (χ2n) is 3.97. The van der Waals surface area contributed by atoms with Gasteiger partial charge >= 0.3 is 0 Å². The summed E-state index contributed by atoms with van der Waals surface area (Å²) in [6.07, 6.45) is 5.01. The zero-order valence-electron chi connectivity index (χ0n) is 8.76. The Kier molecular flexibility index (Phi) is 2.41. The summed E-state index contributed by atoms with van der Waals surface area (Å²) in [5.41, 5.74) is 10.9. The van der Waals surface area contributed by atoms with Crippen LogP contribution < -0.4 is 5.73 Å². The maximum Gasteiger partial charge on any atom is 0.179 e. The lowest BCUT2D eigenvalue weighted by Crippen LogP contribution is -2.19. The molecule has 3 rings (SSSR count). The molecule has 0 spiro atoms. The van der Waals surface area contributed by atoms with Gasteiger partial charge in [0.1, 0.15) is 5.69 Å². The van der Waals surface area contributed by atoms with Crippen LogP contribution in [0.25, 0.3) is 11.5 Å². The number of hydrogen-bond donors (Lipinski definition) is 1. The van der Waals surface area contributed by atoms with Gasteiger partial charge in [-0.05, 0) is 19.3 Å². The third-order valence-electron chi connectivity index (χ3n) is 2.89. The predicted molar refractivity (Wildman–Crippen MR) is 63.0 cm³/mol. The highest BCUT2D eigenvalue weighted by Crippen LogP contribution is 2.27. The smallest absolute Gasteiger partial charge is 0.179 e. The SMILES string of the molecule is NC1CCCc2nc(-c3cscn3)ncc21. The van der Waals surface area contributed by atoms with Crippen LogP contribution in [0.2, 0.25) is 0 Å². The second kappa shape index (κ2) is 3.92. The summed E-state index contributed by atoms with van der Waals surface area (Å²) in [6.45, 7) is 0. The number of nitrogens with zero attached hydrogens (tertiary/aromatic N) is 3. The lowest BCUT2D eigenvalue weighted by molar-refractivity contribution is 0.557. The summed E-state index contributed by atoms with van der Waals surface area (Å²) < 4.78 is 0. The molecule has 1 aliphatic rings. The van der Waals surface area contributed by atoms with Crippen molar-refractivity contribution in [2.24, 2.45) is 5.73 Å². The van der Waals surface area contributed by atoms with E-state index in [1.54, 1.807) is 16.8 Å². The Morgan fingerprint density at radius 2 is 2.31 bits per heavy atom. The van der Waals surface area contributed by atoms with E-state index in [9.17, 15) is 0 Å². The highest BCUT2D eigenvalue weighted by atomic mass is 32.1. The van der Waals surface area contributed by atoms with Crippen molar-refractivity contribution in [2.45, 2.75) is 25.3 Å². The number of aryl methyl sites for hydroxylation is 1. The molecule has 0 amide bonds. The van der Waals surface area contributed by atoms with E-state index >= 15 is 0 Å². The fraction of sp³-hybridized carbons (Fsp3) is 0.364. The van der Waals surface area contributed by atoms with Crippen LogP contribution in [0, 0.1) is 0 Å². The lowest BCUT2D eigenvalue weighted by atomic mass is 9.93. The van der Waals surface area contributed by atoms with Crippen molar-refractivity contribution in [1.82, 2.24) is 15.0 Å². The highest BCUT2D eigenvalue weighted by Gasteiger charge is 2.19. The molecule has 1 atom stereocenters. The number of aromatic nitrogens is 3. The maximum absolute atomic E-state index is 6.02. The van der Waals surface area contributed by atoms with Crippen molar-refractivity contribution >= 4 is 11.3 Å². The summed E-state index contributed by atoms with van der Waals surface area (Å²) >= 11 is 1.56. The number of nitrogens with two attached hydrogens (primary N) is 1. The standard InChI is InChI=1S/C11H12N4S/c12-8-2-1-3-9-7(8)4-13-11(15-9)10-5-16-6-14-10/h4-6,8H,1-3,12H2. The summed E-state index contributed by atoms with van der Waals surface area (Å²) in [5, 5.41) is 1.96. The average Bonchev–Trinajstić information content (AvgIpc) is 2.82. The summed E-state index contributed by atoms with van der Waals surface area (Å²) in [7, 11) is 0. The Bertz CT molecular complexity index is 495. The molecule has 0 radical (unpaired) electrons. The molecule has 2 aromatic rings.